The summed E-state index contributed by atoms with van der Waals surface area (Å²) in [4.78, 5) is 24.6. The summed E-state index contributed by atoms with van der Waals surface area (Å²) in [6.45, 7) is 7.40. The Bertz CT molecular complexity index is 304. The molecule has 98 valence electrons. The zero-order valence-corrected chi connectivity index (χ0v) is 10.8. The van der Waals surface area contributed by atoms with E-state index in [2.05, 4.69) is 5.32 Å². The number of nitrogens with one attached hydrogen (secondary N) is 1. The van der Waals surface area contributed by atoms with Crippen molar-refractivity contribution < 1.29 is 14.7 Å². The van der Waals surface area contributed by atoms with Crippen molar-refractivity contribution in [2.24, 2.45) is 11.3 Å². The first-order valence-electron chi connectivity index (χ1n) is 6.17. The van der Waals surface area contributed by atoms with Crippen LogP contribution in [0, 0.1) is 11.3 Å². The molecule has 1 fully saturated rings. The van der Waals surface area contributed by atoms with Crippen LogP contribution in [0.1, 0.15) is 33.6 Å². The number of nitrogens with zero attached hydrogens (tertiary/aromatic N) is 1. The normalized spacial score (nSPS) is 24.1. The molecule has 1 saturated heterocycles. The molecule has 0 radical (unpaired) electrons. The Balaban J connectivity index is 2.54. The van der Waals surface area contributed by atoms with E-state index in [4.69, 9.17) is 0 Å². The maximum Gasteiger partial charge on any atom is 0.317 e. The topological polar surface area (TPSA) is 69.6 Å². The molecule has 0 aromatic carbocycles. The minimum Gasteiger partial charge on any atom is -0.481 e. The molecule has 2 N–H and O–H groups in total. The highest BCUT2D eigenvalue weighted by molar-refractivity contribution is 5.79. The third-order valence-electron chi connectivity index (χ3n) is 3.43. The standard InChI is InChI=1S/C12H22N2O3/c1-4-12(10(15)16)5-6-14(8-12)11(17)13-7-9(2)3/h9H,4-8H2,1-3H3,(H,13,17)(H,15,16). The zero-order valence-electron chi connectivity index (χ0n) is 10.8. The van der Waals surface area contributed by atoms with Crippen molar-refractivity contribution in [2.75, 3.05) is 19.6 Å². The van der Waals surface area contributed by atoms with Gasteiger partial charge in [-0.2, -0.15) is 0 Å². The second kappa shape index (κ2) is 5.38. The summed E-state index contributed by atoms with van der Waals surface area (Å²) in [5.41, 5.74) is -0.741. The fraction of sp³-hybridized carbons (Fsp3) is 0.833. The smallest absolute Gasteiger partial charge is 0.317 e. The van der Waals surface area contributed by atoms with Gasteiger partial charge < -0.3 is 15.3 Å². The molecule has 0 aromatic rings. The van der Waals surface area contributed by atoms with Crippen LogP contribution in [0.5, 0.6) is 0 Å². The Morgan fingerprint density at radius 1 is 1.47 bits per heavy atom. The highest BCUT2D eigenvalue weighted by Crippen LogP contribution is 2.34. The van der Waals surface area contributed by atoms with Crippen LogP contribution in [0.3, 0.4) is 0 Å². The second-order valence-electron chi connectivity index (χ2n) is 5.19. The summed E-state index contributed by atoms with van der Waals surface area (Å²) < 4.78 is 0. The largest absolute Gasteiger partial charge is 0.481 e. The summed E-state index contributed by atoms with van der Waals surface area (Å²) >= 11 is 0. The van der Waals surface area contributed by atoms with Gasteiger partial charge in [0.2, 0.25) is 0 Å². The highest BCUT2D eigenvalue weighted by Gasteiger charge is 2.44. The Labute approximate surface area is 102 Å². The maximum absolute atomic E-state index is 11.8. The number of hydrogen-bond donors (Lipinski definition) is 2. The van der Waals surface area contributed by atoms with Crippen LogP contribution < -0.4 is 5.32 Å². The van der Waals surface area contributed by atoms with E-state index in [0.29, 0.717) is 38.4 Å². The van der Waals surface area contributed by atoms with Gasteiger partial charge in [-0.25, -0.2) is 4.79 Å². The van der Waals surface area contributed by atoms with E-state index in [1.807, 2.05) is 20.8 Å². The average Bonchev–Trinajstić information content (AvgIpc) is 2.71. The Hall–Kier alpha value is -1.26. The Morgan fingerprint density at radius 3 is 2.53 bits per heavy atom. The van der Waals surface area contributed by atoms with Gasteiger partial charge in [0.25, 0.3) is 0 Å². The van der Waals surface area contributed by atoms with Gasteiger partial charge in [-0.05, 0) is 18.8 Å². The third-order valence-corrected chi connectivity index (χ3v) is 3.43. The van der Waals surface area contributed by atoms with Gasteiger partial charge in [0, 0.05) is 19.6 Å². The maximum atomic E-state index is 11.8. The number of carbonyl (C=O) groups excluding carboxylic acids is 1. The van der Waals surface area contributed by atoms with Gasteiger partial charge in [0.05, 0.1) is 5.41 Å². The van der Waals surface area contributed by atoms with Gasteiger partial charge >= 0.3 is 12.0 Å². The number of urea groups is 1. The van der Waals surface area contributed by atoms with E-state index >= 15 is 0 Å². The van der Waals surface area contributed by atoms with Gasteiger partial charge in [-0.1, -0.05) is 20.8 Å². The van der Waals surface area contributed by atoms with Crippen LogP contribution >= 0.6 is 0 Å². The number of carboxylic acids is 1. The Kier molecular flexibility index (Phi) is 4.37. The van der Waals surface area contributed by atoms with E-state index in [9.17, 15) is 14.7 Å². The number of likely N-dealkylation sites (tertiary alicyclic amines) is 1. The zero-order chi connectivity index (χ0) is 13.1. The van der Waals surface area contributed by atoms with Crippen LogP contribution in [0.2, 0.25) is 0 Å². The monoisotopic (exact) mass is 242 g/mol. The first kappa shape index (κ1) is 13.8. The summed E-state index contributed by atoms with van der Waals surface area (Å²) in [5.74, 6) is -0.392. The van der Waals surface area contributed by atoms with E-state index in [1.54, 1.807) is 4.90 Å². The predicted octanol–water partition coefficient (Wildman–Crippen LogP) is 1.54. The highest BCUT2D eigenvalue weighted by atomic mass is 16.4. The van der Waals surface area contributed by atoms with Crippen molar-refractivity contribution in [3.63, 3.8) is 0 Å². The van der Waals surface area contributed by atoms with E-state index in [1.165, 1.54) is 0 Å². The van der Waals surface area contributed by atoms with Crippen molar-refractivity contribution in [1.29, 1.82) is 0 Å². The van der Waals surface area contributed by atoms with Crippen molar-refractivity contribution >= 4 is 12.0 Å². The van der Waals surface area contributed by atoms with Crippen LogP contribution in [0.25, 0.3) is 0 Å². The lowest BCUT2D eigenvalue weighted by Gasteiger charge is -2.23. The van der Waals surface area contributed by atoms with Crippen molar-refractivity contribution in [3.8, 4) is 0 Å². The number of amides is 2. The number of carboxylic acid groups (broad SMARTS) is 1. The molecule has 17 heavy (non-hydrogen) atoms. The number of aliphatic carboxylic acids is 1. The molecule has 5 nitrogen and oxygen atoms in total. The van der Waals surface area contributed by atoms with E-state index in [-0.39, 0.29) is 6.03 Å². The fourth-order valence-corrected chi connectivity index (χ4v) is 2.06. The summed E-state index contributed by atoms with van der Waals surface area (Å²) in [6.07, 6.45) is 1.12. The van der Waals surface area contributed by atoms with Crippen LogP contribution in [0.15, 0.2) is 0 Å². The molecule has 0 spiro atoms. The fourth-order valence-electron chi connectivity index (χ4n) is 2.06. The number of rotatable bonds is 4. The number of carbonyl (C=O) groups is 2. The quantitative estimate of drug-likeness (QED) is 0.785. The van der Waals surface area contributed by atoms with Crippen LogP contribution in [-0.2, 0) is 4.79 Å². The average molecular weight is 242 g/mol. The van der Waals surface area contributed by atoms with Crippen molar-refractivity contribution in [2.45, 2.75) is 33.6 Å². The first-order valence-corrected chi connectivity index (χ1v) is 6.17. The summed E-state index contributed by atoms with van der Waals surface area (Å²) in [7, 11) is 0. The predicted molar refractivity (Wildman–Crippen MR) is 64.8 cm³/mol. The van der Waals surface area contributed by atoms with E-state index in [0.717, 1.165) is 0 Å². The Morgan fingerprint density at radius 2 is 2.12 bits per heavy atom. The minimum atomic E-state index is -0.792. The molecule has 1 rings (SSSR count). The molecule has 1 heterocycles. The summed E-state index contributed by atoms with van der Waals surface area (Å²) in [5, 5.41) is 12.0. The molecule has 0 saturated carbocycles. The molecule has 1 aliphatic rings. The van der Waals surface area contributed by atoms with Gasteiger partial charge in [0.1, 0.15) is 0 Å². The lowest BCUT2D eigenvalue weighted by molar-refractivity contribution is -0.148. The number of hydrogen-bond acceptors (Lipinski definition) is 2. The van der Waals surface area contributed by atoms with Gasteiger partial charge in [0.15, 0.2) is 0 Å². The van der Waals surface area contributed by atoms with Crippen molar-refractivity contribution in [3.05, 3.63) is 0 Å². The molecule has 1 unspecified atom stereocenters. The third kappa shape index (κ3) is 3.11. The SMILES string of the molecule is CCC1(C(=O)O)CCN(C(=O)NCC(C)C)C1. The van der Waals surface area contributed by atoms with E-state index < -0.39 is 11.4 Å². The first-order chi connectivity index (χ1) is 7.91. The lowest BCUT2D eigenvalue weighted by atomic mass is 9.84. The molecular formula is C12H22N2O3. The molecule has 0 aromatic heterocycles. The molecular weight excluding hydrogens is 220 g/mol. The molecule has 1 aliphatic heterocycles. The minimum absolute atomic E-state index is 0.143. The lowest BCUT2D eigenvalue weighted by Crippen LogP contribution is -2.42. The molecule has 1 atom stereocenters. The second-order valence-corrected chi connectivity index (χ2v) is 5.19. The molecule has 2 amide bonds. The summed E-state index contributed by atoms with van der Waals surface area (Å²) in [6, 6.07) is -0.143. The molecule has 0 bridgehead atoms. The van der Waals surface area contributed by atoms with Crippen LogP contribution in [0.4, 0.5) is 4.79 Å². The van der Waals surface area contributed by atoms with Crippen molar-refractivity contribution in [1.82, 2.24) is 10.2 Å². The van der Waals surface area contributed by atoms with Crippen LogP contribution in [-0.4, -0.2) is 41.6 Å². The molecule has 0 aliphatic carbocycles. The van der Waals surface area contributed by atoms with Gasteiger partial charge in [-0.15, -0.1) is 0 Å². The molecule has 5 heteroatoms. The van der Waals surface area contributed by atoms with Gasteiger partial charge in [-0.3, -0.25) is 4.79 Å².